The molecule has 2 unspecified atom stereocenters. The Bertz CT molecular complexity index is 431. The number of rotatable bonds is 4. The molecule has 19 heavy (non-hydrogen) atoms. The molecule has 0 amide bonds. The zero-order valence-corrected chi connectivity index (χ0v) is 12.7. The molecule has 1 aliphatic rings. The van der Waals surface area contributed by atoms with Crippen LogP contribution in [0.3, 0.4) is 0 Å². The van der Waals surface area contributed by atoms with E-state index in [9.17, 15) is 5.11 Å². The third kappa shape index (κ3) is 2.67. The number of benzene rings is 1. The SMILES string of the molecule is CC(C(N)C1(c2ccc(Cl)cc2)CCC1)C(C)(C)O. The zero-order valence-electron chi connectivity index (χ0n) is 12.0. The Labute approximate surface area is 121 Å². The molecule has 1 aliphatic carbocycles. The summed E-state index contributed by atoms with van der Waals surface area (Å²) in [6.07, 6.45) is 3.39. The predicted molar refractivity (Wildman–Crippen MR) is 80.4 cm³/mol. The lowest BCUT2D eigenvalue weighted by Crippen LogP contribution is -2.57. The van der Waals surface area contributed by atoms with E-state index in [1.54, 1.807) is 0 Å². The summed E-state index contributed by atoms with van der Waals surface area (Å²) >= 11 is 5.97. The van der Waals surface area contributed by atoms with Crippen molar-refractivity contribution in [3.8, 4) is 0 Å². The Hall–Kier alpha value is -0.570. The van der Waals surface area contributed by atoms with Gasteiger partial charge < -0.3 is 10.8 Å². The van der Waals surface area contributed by atoms with Gasteiger partial charge in [-0.15, -0.1) is 0 Å². The van der Waals surface area contributed by atoms with Gasteiger partial charge in [-0.25, -0.2) is 0 Å². The molecule has 0 radical (unpaired) electrons. The third-order valence-electron chi connectivity index (χ3n) is 4.96. The molecular formula is C16H24ClNO. The molecule has 106 valence electrons. The first-order chi connectivity index (χ1) is 8.77. The van der Waals surface area contributed by atoms with E-state index in [-0.39, 0.29) is 17.4 Å². The monoisotopic (exact) mass is 281 g/mol. The van der Waals surface area contributed by atoms with E-state index in [0.29, 0.717) is 0 Å². The maximum Gasteiger partial charge on any atom is 0.0632 e. The van der Waals surface area contributed by atoms with Crippen molar-refractivity contribution < 1.29 is 5.11 Å². The van der Waals surface area contributed by atoms with Crippen molar-refractivity contribution in [3.63, 3.8) is 0 Å². The molecule has 3 heteroatoms. The van der Waals surface area contributed by atoms with Gasteiger partial charge in [0.05, 0.1) is 5.60 Å². The van der Waals surface area contributed by atoms with Gasteiger partial charge in [0.25, 0.3) is 0 Å². The summed E-state index contributed by atoms with van der Waals surface area (Å²) in [5, 5.41) is 11.0. The maximum absolute atomic E-state index is 10.2. The van der Waals surface area contributed by atoms with Crippen molar-refractivity contribution in [2.75, 3.05) is 0 Å². The molecule has 2 rings (SSSR count). The van der Waals surface area contributed by atoms with Gasteiger partial charge in [-0.3, -0.25) is 0 Å². The smallest absolute Gasteiger partial charge is 0.0632 e. The molecule has 3 N–H and O–H groups in total. The Morgan fingerprint density at radius 2 is 1.79 bits per heavy atom. The van der Waals surface area contributed by atoms with E-state index in [0.717, 1.165) is 17.9 Å². The van der Waals surface area contributed by atoms with E-state index in [1.165, 1.54) is 12.0 Å². The van der Waals surface area contributed by atoms with Crippen molar-refractivity contribution in [1.82, 2.24) is 0 Å². The second-order valence-electron chi connectivity index (χ2n) is 6.48. The molecule has 1 saturated carbocycles. The summed E-state index contributed by atoms with van der Waals surface area (Å²) in [7, 11) is 0. The van der Waals surface area contributed by atoms with Crippen LogP contribution in [-0.2, 0) is 5.41 Å². The molecule has 1 aromatic rings. The minimum absolute atomic E-state index is 0.00397. The van der Waals surface area contributed by atoms with Crippen molar-refractivity contribution in [2.24, 2.45) is 11.7 Å². The molecule has 2 nitrogen and oxygen atoms in total. The van der Waals surface area contributed by atoms with Crippen molar-refractivity contribution >= 4 is 11.6 Å². The normalized spacial score (nSPS) is 21.6. The van der Waals surface area contributed by atoms with Gasteiger partial charge in [0.2, 0.25) is 0 Å². The highest BCUT2D eigenvalue weighted by Gasteiger charge is 2.48. The second kappa shape index (κ2) is 5.08. The average molecular weight is 282 g/mol. The summed E-state index contributed by atoms with van der Waals surface area (Å²) < 4.78 is 0. The predicted octanol–water partition coefficient (Wildman–Crippen LogP) is 3.50. The minimum Gasteiger partial charge on any atom is -0.390 e. The first kappa shape index (κ1) is 14.8. The van der Waals surface area contributed by atoms with Crippen LogP contribution in [0.4, 0.5) is 0 Å². The van der Waals surface area contributed by atoms with Gasteiger partial charge in [0, 0.05) is 22.4 Å². The quantitative estimate of drug-likeness (QED) is 0.887. The summed E-state index contributed by atoms with van der Waals surface area (Å²) in [6, 6.07) is 7.98. The lowest BCUT2D eigenvalue weighted by Gasteiger charge is -2.51. The number of aliphatic hydroxyl groups is 1. The molecular weight excluding hydrogens is 258 g/mol. The minimum atomic E-state index is -0.756. The maximum atomic E-state index is 10.2. The second-order valence-corrected chi connectivity index (χ2v) is 6.92. The summed E-state index contributed by atoms with van der Waals surface area (Å²) in [5.74, 6) is 0.0449. The lowest BCUT2D eigenvalue weighted by atomic mass is 9.56. The van der Waals surface area contributed by atoms with Crippen molar-refractivity contribution in [1.29, 1.82) is 0 Å². The third-order valence-corrected chi connectivity index (χ3v) is 5.21. The van der Waals surface area contributed by atoms with Gasteiger partial charge in [-0.05, 0) is 44.4 Å². The molecule has 0 saturated heterocycles. The number of hydrogen-bond donors (Lipinski definition) is 2. The lowest BCUT2D eigenvalue weighted by molar-refractivity contribution is -0.0107. The molecule has 0 spiro atoms. The highest BCUT2D eigenvalue weighted by atomic mass is 35.5. The fourth-order valence-corrected chi connectivity index (χ4v) is 3.20. The topological polar surface area (TPSA) is 46.2 Å². The first-order valence-electron chi connectivity index (χ1n) is 7.01. The van der Waals surface area contributed by atoms with Crippen molar-refractivity contribution in [2.45, 2.75) is 57.1 Å². The summed E-state index contributed by atoms with van der Waals surface area (Å²) in [4.78, 5) is 0. The Morgan fingerprint density at radius 3 is 2.16 bits per heavy atom. The number of nitrogens with two attached hydrogens (primary N) is 1. The van der Waals surface area contributed by atoms with Gasteiger partial charge in [-0.2, -0.15) is 0 Å². The Balaban J connectivity index is 2.30. The Kier molecular flexibility index (Phi) is 3.97. The highest BCUT2D eigenvalue weighted by Crippen LogP contribution is 2.48. The van der Waals surface area contributed by atoms with Gasteiger partial charge >= 0.3 is 0 Å². The van der Waals surface area contributed by atoms with Gasteiger partial charge in [-0.1, -0.05) is 37.1 Å². The van der Waals surface area contributed by atoms with Gasteiger partial charge in [0.1, 0.15) is 0 Å². The first-order valence-corrected chi connectivity index (χ1v) is 7.39. The van der Waals surface area contributed by atoms with Crippen LogP contribution >= 0.6 is 11.6 Å². The van der Waals surface area contributed by atoms with Crippen molar-refractivity contribution in [3.05, 3.63) is 34.9 Å². The van der Waals surface area contributed by atoms with Crippen LogP contribution in [0.25, 0.3) is 0 Å². The zero-order chi connectivity index (χ0) is 14.3. The molecule has 1 aromatic carbocycles. The Morgan fingerprint density at radius 1 is 1.26 bits per heavy atom. The van der Waals surface area contributed by atoms with E-state index >= 15 is 0 Å². The average Bonchev–Trinajstić information content (AvgIpc) is 2.27. The van der Waals surface area contributed by atoms with E-state index in [2.05, 4.69) is 12.1 Å². The van der Waals surface area contributed by atoms with Crippen LogP contribution in [0.5, 0.6) is 0 Å². The van der Waals surface area contributed by atoms with Crippen LogP contribution in [0, 0.1) is 5.92 Å². The summed E-state index contributed by atoms with van der Waals surface area (Å²) in [5.41, 5.74) is 7.03. The molecule has 1 fully saturated rings. The standard InChI is InChI=1S/C16H24ClNO/c1-11(15(2,3)19)14(18)16(9-4-10-16)12-5-7-13(17)8-6-12/h5-8,11,14,19H,4,9-10,18H2,1-3H3. The largest absolute Gasteiger partial charge is 0.390 e. The van der Waals surface area contributed by atoms with Crippen LogP contribution in [0.15, 0.2) is 24.3 Å². The fraction of sp³-hybridized carbons (Fsp3) is 0.625. The highest BCUT2D eigenvalue weighted by molar-refractivity contribution is 6.30. The van der Waals surface area contributed by atoms with E-state index in [1.807, 2.05) is 32.9 Å². The molecule has 0 aliphatic heterocycles. The van der Waals surface area contributed by atoms with Crippen LogP contribution in [0.2, 0.25) is 5.02 Å². The number of hydrogen-bond acceptors (Lipinski definition) is 2. The van der Waals surface area contributed by atoms with Crippen LogP contribution in [-0.4, -0.2) is 16.7 Å². The summed E-state index contributed by atoms with van der Waals surface area (Å²) in [6.45, 7) is 5.72. The molecule has 2 atom stereocenters. The van der Waals surface area contributed by atoms with E-state index in [4.69, 9.17) is 17.3 Å². The fourth-order valence-electron chi connectivity index (χ4n) is 3.07. The molecule has 0 heterocycles. The molecule has 0 bridgehead atoms. The van der Waals surface area contributed by atoms with E-state index < -0.39 is 5.60 Å². The van der Waals surface area contributed by atoms with Crippen LogP contribution in [0.1, 0.15) is 45.6 Å². The molecule has 0 aromatic heterocycles. The van der Waals surface area contributed by atoms with Crippen LogP contribution < -0.4 is 5.73 Å². The van der Waals surface area contributed by atoms with Gasteiger partial charge in [0.15, 0.2) is 0 Å². The number of halogens is 1.